The van der Waals surface area contributed by atoms with Gasteiger partial charge in [-0.05, 0) is 20.4 Å². The van der Waals surface area contributed by atoms with Gasteiger partial charge >= 0.3 is 0 Å². The first-order valence-corrected chi connectivity index (χ1v) is 4.28. The maximum atomic E-state index is 8.73. The molecule has 0 rings (SSSR count). The van der Waals surface area contributed by atoms with Crippen LogP contribution >= 0.6 is 11.8 Å². The number of rotatable bonds is 4. The number of nitrogens with zero attached hydrogens (tertiary/aromatic N) is 1. The average Bonchev–Trinajstić information content (AvgIpc) is 1.82. The van der Waals surface area contributed by atoms with Crippen molar-refractivity contribution < 1.29 is 5.11 Å². The van der Waals surface area contributed by atoms with Crippen LogP contribution in [0.5, 0.6) is 0 Å². The van der Waals surface area contributed by atoms with Gasteiger partial charge < -0.3 is 10.0 Å². The van der Waals surface area contributed by atoms with E-state index in [1.54, 1.807) is 11.8 Å². The number of aliphatic hydroxyl groups excluding tert-OH is 1. The van der Waals surface area contributed by atoms with Crippen LogP contribution in [-0.4, -0.2) is 48.8 Å². The molecular weight excluding hydrogens is 134 g/mol. The molecule has 0 spiro atoms. The zero-order valence-electron chi connectivity index (χ0n) is 6.29. The Balaban J connectivity index is 3.31. The fourth-order valence-electron chi connectivity index (χ4n) is 0.614. The molecule has 0 saturated heterocycles. The number of hydrogen-bond donors (Lipinski definition) is 1. The van der Waals surface area contributed by atoms with Crippen LogP contribution in [-0.2, 0) is 0 Å². The van der Waals surface area contributed by atoms with Crippen molar-refractivity contribution in [3.8, 4) is 0 Å². The second-order valence-electron chi connectivity index (χ2n) is 2.30. The Morgan fingerprint density at radius 3 is 2.22 bits per heavy atom. The molecule has 0 aromatic rings. The maximum absolute atomic E-state index is 8.73. The van der Waals surface area contributed by atoms with E-state index in [2.05, 4.69) is 4.90 Å². The van der Waals surface area contributed by atoms with Gasteiger partial charge in [-0.1, -0.05) is 0 Å². The van der Waals surface area contributed by atoms with E-state index in [0.29, 0.717) is 5.25 Å². The van der Waals surface area contributed by atoms with Crippen LogP contribution in [0.1, 0.15) is 0 Å². The van der Waals surface area contributed by atoms with E-state index in [4.69, 9.17) is 5.11 Å². The van der Waals surface area contributed by atoms with Crippen molar-refractivity contribution in [2.75, 3.05) is 33.5 Å². The smallest absolute Gasteiger partial charge is 0.0562 e. The Labute approximate surface area is 61.2 Å². The van der Waals surface area contributed by atoms with Gasteiger partial charge in [0.25, 0.3) is 0 Å². The van der Waals surface area contributed by atoms with E-state index < -0.39 is 0 Å². The Bertz CT molecular complexity index is 64.1. The van der Waals surface area contributed by atoms with Gasteiger partial charge in [-0.25, -0.2) is 0 Å². The average molecular weight is 149 g/mol. The summed E-state index contributed by atoms with van der Waals surface area (Å²) in [6.07, 6.45) is 2.02. The highest BCUT2D eigenvalue weighted by molar-refractivity contribution is 7.99. The first kappa shape index (κ1) is 9.27. The first-order chi connectivity index (χ1) is 4.20. The van der Waals surface area contributed by atoms with Gasteiger partial charge in [-0.15, -0.1) is 0 Å². The van der Waals surface area contributed by atoms with Crippen LogP contribution < -0.4 is 0 Å². The molecule has 1 unspecified atom stereocenters. The van der Waals surface area contributed by atoms with Gasteiger partial charge in [0.15, 0.2) is 0 Å². The standard InChI is InChI=1S/C6H15NOS/c1-7(2)4-6(5-8)9-3/h6,8H,4-5H2,1-3H3. The number of thioether (sulfide) groups is 1. The van der Waals surface area contributed by atoms with Gasteiger partial charge in [-0.3, -0.25) is 0 Å². The third-order valence-electron chi connectivity index (χ3n) is 1.11. The molecule has 56 valence electrons. The predicted molar refractivity (Wildman–Crippen MR) is 42.9 cm³/mol. The fraction of sp³-hybridized carbons (Fsp3) is 1.00. The molecule has 1 atom stereocenters. The van der Waals surface area contributed by atoms with Gasteiger partial charge in [0, 0.05) is 11.8 Å². The summed E-state index contributed by atoms with van der Waals surface area (Å²) in [6, 6.07) is 0. The SMILES string of the molecule is CSC(CO)CN(C)C. The molecule has 9 heavy (non-hydrogen) atoms. The summed E-state index contributed by atoms with van der Waals surface area (Å²) in [5, 5.41) is 9.10. The van der Waals surface area contributed by atoms with Crippen molar-refractivity contribution in [2.45, 2.75) is 5.25 Å². The Hall–Kier alpha value is 0.270. The summed E-state index contributed by atoms with van der Waals surface area (Å²) < 4.78 is 0. The molecule has 0 amide bonds. The molecule has 0 saturated carbocycles. The van der Waals surface area contributed by atoms with Crippen molar-refractivity contribution in [3.05, 3.63) is 0 Å². The number of aliphatic hydroxyl groups is 1. The van der Waals surface area contributed by atoms with Crippen molar-refractivity contribution in [3.63, 3.8) is 0 Å². The molecule has 0 aliphatic heterocycles. The molecule has 1 N–H and O–H groups in total. The molecule has 0 heterocycles. The van der Waals surface area contributed by atoms with Crippen molar-refractivity contribution >= 4 is 11.8 Å². The molecule has 3 heteroatoms. The molecular formula is C6H15NOS. The lowest BCUT2D eigenvalue weighted by Gasteiger charge is -2.15. The third kappa shape index (κ3) is 4.75. The van der Waals surface area contributed by atoms with Gasteiger partial charge in [-0.2, -0.15) is 11.8 Å². The zero-order valence-corrected chi connectivity index (χ0v) is 7.11. The van der Waals surface area contributed by atoms with Crippen LogP contribution in [0.3, 0.4) is 0 Å². The normalized spacial score (nSPS) is 14.3. The highest BCUT2D eigenvalue weighted by Gasteiger charge is 2.04. The molecule has 2 nitrogen and oxygen atoms in total. The Kier molecular flexibility index (Phi) is 5.24. The molecule has 0 aromatic carbocycles. The van der Waals surface area contributed by atoms with Crippen molar-refractivity contribution in [2.24, 2.45) is 0 Å². The third-order valence-corrected chi connectivity index (χ3v) is 2.07. The van der Waals surface area contributed by atoms with E-state index in [-0.39, 0.29) is 6.61 Å². The van der Waals surface area contributed by atoms with Crippen LogP contribution in [0.2, 0.25) is 0 Å². The summed E-state index contributed by atoms with van der Waals surface area (Å²) in [5.41, 5.74) is 0. The monoisotopic (exact) mass is 149 g/mol. The molecule has 0 aliphatic carbocycles. The molecule has 0 aliphatic rings. The van der Waals surface area contributed by atoms with Crippen LogP contribution in [0, 0.1) is 0 Å². The van der Waals surface area contributed by atoms with E-state index in [0.717, 1.165) is 6.54 Å². The predicted octanol–water partition coefficient (Wildman–Crippen LogP) is 0.272. The molecule has 0 bridgehead atoms. The lowest BCUT2D eigenvalue weighted by atomic mass is 10.4. The van der Waals surface area contributed by atoms with E-state index in [1.165, 1.54) is 0 Å². The minimum atomic E-state index is 0.277. The fourth-order valence-corrected chi connectivity index (χ4v) is 1.21. The highest BCUT2D eigenvalue weighted by Crippen LogP contribution is 2.04. The summed E-state index contributed by atoms with van der Waals surface area (Å²) in [4.78, 5) is 2.08. The Morgan fingerprint density at radius 1 is 1.56 bits per heavy atom. The summed E-state index contributed by atoms with van der Waals surface area (Å²) in [7, 11) is 4.03. The topological polar surface area (TPSA) is 23.5 Å². The van der Waals surface area contributed by atoms with Crippen LogP contribution in [0.4, 0.5) is 0 Å². The van der Waals surface area contributed by atoms with Crippen molar-refractivity contribution in [1.29, 1.82) is 0 Å². The maximum Gasteiger partial charge on any atom is 0.0562 e. The van der Waals surface area contributed by atoms with Gasteiger partial charge in [0.05, 0.1) is 6.61 Å². The Morgan fingerprint density at radius 2 is 2.11 bits per heavy atom. The molecule has 0 radical (unpaired) electrons. The van der Waals surface area contributed by atoms with Gasteiger partial charge in [0.1, 0.15) is 0 Å². The summed E-state index contributed by atoms with van der Waals surface area (Å²) in [5.74, 6) is 0. The van der Waals surface area contributed by atoms with Crippen LogP contribution in [0.25, 0.3) is 0 Å². The minimum absolute atomic E-state index is 0.277. The highest BCUT2D eigenvalue weighted by atomic mass is 32.2. The van der Waals surface area contributed by atoms with E-state index >= 15 is 0 Å². The summed E-state index contributed by atoms with van der Waals surface area (Å²) in [6.45, 7) is 1.23. The minimum Gasteiger partial charge on any atom is -0.395 e. The molecule has 0 fully saturated rings. The second kappa shape index (κ2) is 5.09. The quantitative estimate of drug-likeness (QED) is 0.621. The second-order valence-corrected chi connectivity index (χ2v) is 3.44. The first-order valence-electron chi connectivity index (χ1n) is 2.99. The number of hydrogen-bond acceptors (Lipinski definition) is 3. The lowest BCUT2D eigenvalue weighted by Crippen LogP contribution is -2.25. The van der Waals surface area contributed by atoms with E-state index in [9.17, 15) is 0 Å². The van der Waals surface area contributed by atoms with Crippen molar-refractivity contribution in [1.82, 2.24) is 4.90 Å². The largest absolute Gasteiger partial charge is 0.395 e. The molecule has 0 aromatic heterocycles. The van der Waals surface area contributed by atoms with E-state index in [1.807, 2.05) is 20.4 Å². The van der Waals surface area contributed by atoms with Crippen LogP contribution in [0.15, 0.2) is 0 Å². The van der Waals surface area contributed by atoms with Gasteiger partial charge in [0.2, 0.25) is 0 Å². The lowest BCUT2D eigenvalue weighted by molar-refractivity contribution is 0.270. The zero-order chi connectivity index (χ0) is 7.28. The summed E-state index contributed by atoms with van der Waals surface area (Å²) >= 11 is 1.71.